The van der Waals surface area contributed by atoms with Gasteiger partial charge >= 0.3 is 12.1 Å². The number of rotatable bonds is 8. The SMILES string of the molecule is CC(CNC(=O)OCC1c2ccccc2-c2ccccc21)C(=O)NC1(CC(=O)O)CCCC1. The average Bonchev–Trinajstić information content (AvgIpc) is 3.38. The third kappa shape index (κ3) is 5.02. The summed E-state index contributed by atoms with van der Waals surface area (Å²) in [5, 5.41) is 14.8. The molecule has 1 atom stereocenters. The molecule has 4 rings (SSSR count). The first-order valence-electron chi connectivity index (χ1n) is 11.5. The molecule has 0 spiro atoms. The summed E-state index contributed by atoms with van der Waals surface area (Å²) in [6, 6.07) is 16.3. The summed E-state index contributed by atoms with van der Waals surface area (Å²) in [4.78, 5) is 36.2. The minimum atomic E-state index is -0.915. The second-order valence-electron chi connectivity index (χ2n) is 9.15. The number of carboxylic acid groups (broad SMARTS) is 1. The number of fused-ring (bicyclic) bond motifs is 3. The Morgan fingerprint density at radius 2 is 1.61 bits per heavy atom. The quantitative estimate of drug-likeness (QED) is 0.562. The van der Waals surface area contributed by atoms with Crippen LogP contribution < -0.4 is 10.6 Å². The zero-order valence-electron chi connectivity index (χ0n) is 18.8. The van der Waals surface area contributed by atoms with Crippen LogP contribution in [0.1, 0.15) is 56.1 Å². The van der Waals surface area contributed by atoms with Gasteiger partial charge in [0.2, 0.25) is 5.91 Å². The Labute approximate surface area is 193 Å². The third-order valence-electron chi connectivity index (χ3n) is 6.78. The van der Waals surface area contributed by atoms with Gasteiger partial charge in [0.1, 0.15) is 6.61 Å². The Morgan fingerprint density at radius 3 is 2.18 bits per heavy atom. The van der Waals surface area contributed by atoms with Crippen molar-refractivity contribution in [3.05, 3.63) is 59.7 Å². The lowest BCUT2D eigenvalue weighted by Gasteiger charge is -2.30. The number of alkyl carbamates (subject to hydrolysis) is 1. The Balaban J connectivity index is 1.29. The molecule has 1 fully saturated rings. The maximum absolute atomic E-state index is 12.6. The van der Waals surface area contributed by atoms with Crippen LogP contribution in [-0.2, 0) is 14.3 Å². The van der Waals surface area contributed by atoms with Crippen molar-refractivity contribution < 1.29 is 24.2 Å². The van der Waals surface area contributed by atoms with Crippen molar-refractivity contribution in [2.24, 2.45) is 5.92 Å². The summed E-state index contributed by atoms with van der Waals surface area (Å²) in [6.45, 7) is 2.04. The number of hydrogen-bond donors (Lipinski definition) is 3. The Kier molecular flexibility index (Phi) is 6.67. The van der Waals surface area contributed by atoms with E-state index in [1.54, 1.807) is 6.92 Å². The van der Waals surface area contributed by atoms with Crippen LogP contribution in [0.5, 0.6) is 0 Å². The molecule has 0 saturated heterocycles. The number of aliphatic carboxylic acids is 1. The van der Waals surface area contributed by atoms with Gasteiger partial charge in [-0.2, -0.15) is 0 Å². The second kappa shape index (κ2) is 9.65. The molecule has 2 aromatic carbocycles. The van der Waals surface area contributed by atoms with Crippen LogP contribution in [0.15, 0.2) is 48.5 Å². The summed E-state index contributed by atoms with van der Waals surface area (Å²) in [5.74, 6) is -1.70. The number of ether oxygens (including phenoxy) is 1. The molecule has 0 heterocycles. The van der Waals surface area contributed by atoms with Gasteiger partial charge in [-0.1, -0.05) is 68.3 Å². The Hall–Kier alpha value is -3.35. The number of nitrogens with one attached hydrogen (secondary N) is 2. The van der Waals surface area contributed by atoms with Gasteiger partial charge in [-0.3, -0.25) is 9.59 Å². The number of benzene rings is 2. The lowest BCUT2D eigenvalue weighted by Crippen LogP contribution is -2.51. The highest BCUT2D eigenvalue weighted by Gasteiger charge is 2.38. The first kappa shape index (κ1) is 22.8. The Bertz CT molecular complexity index is 999. The van der Waals surface area contributed by atoms with Crippen molar-refractivity contribution in [3.63, 3.8) is 0 Å². The molecule has 0 radical (unpaired) electrons. The fourth-order valence-corrected chi connectivity index (χ4v) is 5.05. The number of carbonyl (C=O) groups excluding carboxylic acids is 2. The van der Waals surface area contributed by atoms with E-state index < -0.39 is 23.5 Å². The summed E-state index contributed by atoms with van der Waals surface area (Å²) < 4.78 is 5.52. The third-order valence-corrected chi connectivity index (χ3v) is 6.78. The zero-order valence-corrected chi connectivity index (χ0v) is 18.8. The number of hydrogen-bond acceptors (Lipinski definition) is 4. The van der Waals surface area contributed by atoms with Crippen molar-refractivity contribution >= 4 is 18.0 Å². The smallest absolute Gasteiger partial charge is 0.407 e. The number of carboxylic acids is 1. The van der Waals surface area contributed by atoms with E-state index in [9.17, 15) is 19.5 Å². The van der Waals surface area contributed by atoms with E-state index in [0.717, 1.165) is 35.1 Å². The normalized spacial score (nSPS) is 17.0. The average molecular weight is 451 g/mol. The topological polar surface area (TPSA) is 105 Å². The van der Waals surface area contributed by atoms with E-state index in [0.29, 0.717) is 12.8 Å². The minimum absolute atomic E-state index is 0.0258. The molecule has 0 bridgehead atoms. The van der Waals surface area contributed by atoms with E-state index in [1.807, 2.05) is 24.3 Å². The fourth-order valence-electron chi connectivity index (χ4n) is 5.05. The largest absolute Gasteiger partial charge is 0.481 e. The van der Waals surface area contributed by atoms with E-state index in [4.69, 9.17) is 4.74 Å². The second-order valence-corrected chi connectivity index (χ2v) is 9.15. The lowest BCUT2D eigenvalue weighted by molar-refractivity contribution is -0.139. The van der Waals surface area contributed by atoms with Crippen molar-refractivity contribution in [3.8, 4) is 11.1 Å². The summed E-state index contributed by atoms with van der Waals surface area (Å²) >= 11 is 0. The monoisotopic (exact) mass is 450 g/mol. The van der Waals surface area contributed by atoms with Crippen LogP contribution in [0, 0.1) is 5.92 Å². The molecule has 7 nitrogen and oxygen atoms in total. The molecule has 2 aromatic rings. The zero-order chi connectivity index (χ0) is 23.4. The Morgan fingerprint density at radius 1 is 1.03 bits per heavy atom. The van der Waals surface area contributed by atoms with E-state index >= 15 is 0 Å². The summed E-state index contributed by atoms with van der Waals surface area (Å²) in [5.41, 5.74) is 3.92. The fraction of sp³-hybridized carbons (Fsp3) is 0.423. The first-order valence-corrected chi connectivity index (χ1v) is 11.5. The van der Waals surface area contributed by atoms with Crippen LogP contribution in [0.25, 0.3) is 11.1 Å². The van der Waals surface area contributed by atoms with Crippen molar-refractivity contribution in [2.45, 2.75) is 50.5 Å². The molecular formula is C26H30N2O5. The first-order chi connectivity index (χ1) is 15.9. The van der Waals surface area contributed by atoms with Gasteiger partial charge in [0.15, 0.2) is 0 Å². The number of amides is 2. The molecule has 2 amide bonds. The van der Waals surface area contributed by atoms with Crippen molar-refractivity contribution in [1.82, 2.24) is 10.6 Å². The molecule has 7 heteroatoms. The van der Waals surface area contributed by atoms with Crippen molar-refractivity contribution in [1.29, 1.82) is 0 Å². The highest BCUT2D eigenvalue weighted by atomic mass is 16.5. The van der Waals surface area contributed by atoms with Gasteiger partial charge in [0, 0.05) is 12.5 Å². The van der Waals surface area contributed by atoms with Gasteiger partial charge in [-0.25, -0.2) is 4.79 Å². The van der Waals surface area contributed by atoms with Gasteiger partial charge in [0.05, 0.1) is 17.9 Å². The van der Waals surface area contributed by atoms with Crippen LogP contribution in [0.3, 0.4) is 0 Å². The standard InChI is InChI=1S/C26H30N2O5/c1-17(24(31)28-26(14-23(29)30)12-6-7-13-26)15-27-25(32)33-16-22-20-10-4-2-8-18(20)19-9-3-5-11-21(19)22/h2-5,8-11,17,22H,6-7,12-16H2,1H3,(H,27,32)(H,28,31)(H,29,30). The maximum atomic E-state index is 12.6. The summed E-state index contributed by atoms with van der Waals surface area (Å²) in [6.07, 6.45) is 2.48. The highest BCUT2D eigenvalue weighted by molar-refractivity contribution is 5.81. The van der Waals surface area contributed by atoms with Crippen molar-refractivity contribution in [2.75, 3.05) is 13.2 Å². The van der Waals surface area contributed by atoms with Crippen LogP contribution >= 0.6 is 0 Å². The minimum Gasteiger partial charge on any atom is -0.481 e. The maximum Gasteiger partial charge on any atom is 0.407 e. The van der Waals surface area contributed by atoms with Gasteiger partial charge in [0.25, 0.3) is 0 Å². The van der Waals surface area contributed by atoms with E-state index in [2.05, 4.69) is 34.9 Å². The highest BCUT2D eigenvalue weighted by Crippen LogP contribution is 2.44. The van der Waals surface area contributed by atoms with Gasteiger partial charge in [-0.15, -0.1) is 0 Å². The molecular weight excluding hydrogens is 420 g/mol. The van der Waals surface area contributed by atoms with Crippen LogP contribution in [-0.4, -0.2) is 41.8 Å². The predicted molar refractivity (Wildman–Crippen MR) is 124 cm³/mol. The molecule has 33 heavy (non-hydrogen) atoms. The molecule has 2 aliphatic rings. The lowest BCUT2D eigenvalue weighted by atomic mass is 9.92. The molecule has 3 N–H and O–H groups in total. The van der Waals surface area contributed by atoms with Crippen LogP contribution in [0.4, 0.5) is 4.79 Å². The molecule has 1 saturated carbocycles. The van der Waals surface area contributed by atoms with E-state index in [1.165, 1.54) is 0 Å². The molecule has 2 aliphatic carbocycles. The summed E-state index contributed by atoms with van der Waals surface area (Å²) in [7, 11) is 0. The van der Waals surface area contributed by atoms with Gasteiger partial charge < -0.3 is 20.5 Å². The van der Waals surface area contributed by atoms with Crippen LogP contribution in [0.2, 0.25) is 0 Å². The van der Waals surface area contributed by atoms with E-state index in [-0.39, 0.29) is 31.4 Å². The molecule has 0 aromatic heterocycles. The number of carbonyl (C=O) groups is 3. The molecule has 0 aliphatic heterocycles. The molecule has 174 valence electrons. The molecule has 1 unspecified atom stereocenters. The van der Waals surface area contributed by atoms with Gasteiger partial charge in [-0.05, 0) is 35.1 Å². The predicted octanol–water partition coefficient (Wildman–Crippen LogP) is 4.06.